The van der Waals surface area contributed by atoms with Gasteiger partial charge in [0.1, 0.15) is 17.6 Å². The number of benzene rings is 1. The number of ketones is 1. The SMILES string of the molecule is N#Cc1ccc(OC2CCC(NC(=O)c3ccc(N4C[C@H]5CC(=O)C[C@H]5C4)nn3)CC2)cc1Cl. The molecule has 0 spiro atoms. The topological polar surface area (TPSA) is 108 Å². The Kier molecular flexibility index (Phi) is 6.38. The quantitative estimate of drug-likeness (QED) is 0.698. The van der Waals surface area contributed by atoms with Crippen molar-refractivity contribution in [2.24, 2.45) is 11.8 Å². The Balaban J connectivity index is 1.09. The van der Waals surface area contributed by atoms with Gasteiger partial charge in [-0.2, -0.15) is 5.26 Å². The van der Waals surface area contributed by atoms with E-state index in [2.05, 4.69) is 20.4 Å². The van der Waals surface area contributed by atoms with Crippen LogP contribution in [-0.4, -0.2) is 47.1 Å². The van der Waals surface area contributed by atoms with E-state index in [1.54, 1.807) is 24.3 Å². The zero-order chi connectivity index (χ0) is 23.7. The molecule has 1 aromatic heterocycles. The maximum absolute atomic E-state index is 12.7. The Bertz CT molecular complexity index is 1110. The van der Waals surface area contributed by atoms with E-state index in [-0.39, 0.29) is 18.1 Å². The molecule has 1 aromatic carbocycles. The predicted molar refractivity (Wildman–Crippen MR) is 126 cm³/mol. The molecule has 3 aliphatic rings. The van der Waals surface area contributed by atoms with E-state index < -0.39 is 0 Å². The summed E-state index contributed by atoms with van der Waals surface area (Å²) in [6.07, 6.45) is 4.63. The fourth-order valence-electron chi connectivity index (χ4n) is 5.31. The van der Waals surface area contributed by atoms with Gasteiger partial charge in [0.2, 0.25) is 0 Å². The van der Waals surface area contributed by atoms with Gasteiger partial charge in [-0.3, -0.25) is 9.59 Å². The minimum Gasteiger partial charge on any atom is -0.490 e. The van der Waals surface area contributed by atoms with Crippen LogP contribution in [0.3, 0.4) is 0 Å². The summed E-state index contributed by atoms with van der Waals surface area (Å²) in [6.45, 7) is 1.66. The Morgan fingerprint density at radius 2 is 1.82 bits per heavy atom. The average molecular weight is 480 g/mol. The minimum absolute atomic E-state index is 0.0477. The number of nitrogens with one attached hydrogen (secondary N) is 1. The Morgan fingerprint density at radius 1 is 1.09 bits per heavy atom. The van der Waals surface area contributed by atoms with Crippen LogP contribution in [0, 0.1) is 23.2 Å². The van der Waals surface area contributed by atoms with Crippen molar-refractivity contribution < 1.29 is 14.3 Å². The highest BCUT2D eigenvalue weighted by Crippen LogP contribution is 2.37. The smallest absolute Gasteiger partial charge is 0.272 e. The van der Waals surface area contributed by atoms with Gasteiger partial charge >= 0.3 is 0 Å². The number of anilines is 1. The first-order valence-electron chi connectivity index (χ1n) is 11.8. The van der Waals surface area contributed by atoms with Crippen molar-refractivity contribution in [1.29, 1.82) is 5.26 Å². The molecular weight excluding hydrogens is 454 g/mol. The first-order valence-corrected chi connectivity index (χ1v) is 12.1. The molecule has 0 unspecified atom stereocenters. The molecule has 0 radical (unpaired) electrons. The van der Waals surface area contributed by atoms with Crippen LogP contribution >= 0.6 is 11.6 Å². The fraction of sp³-hybridized carbons (Fsp3) is 0.480. The summed E-state index contributed by atoms with van der Waals surface area (Å²) in [7, 11) is 0. The van der Waals surface area contributed by atoms with Crippen LogP contribution in [0.1, 0.15) is 54.6 Å². The molecule has 1 saturated heterocycles. The number of carbonyl (C=O) groups is 2. The molecule has 8 nitrogen and oxygen atoms in total. The van der Waals surface area contributed by atoms with Gasteiger partial charge in [0.25, 0.3) is 5.91 Å². The normalized spacial score (nSPS) is 26.1. The number of nitrogens with zero attached hydrogens (tertiary/aromatic N) is 4. The minimum atomic E-state index is -0.216. The number of halogens is 1. The second-order valence-corrected chi connectivity index (χ2v) is 9.87. The summed E-state index contributed by atoms with van der Waals surface area (Å²) in [5, 5.41) is 20.9. The summed E-state index contributed by atoms with van der Waals surface area (Å²) >= 11 is 6.08. The molecule has 0 bridgehead atoms. The zero-order valence-electron chi connectivity index (χ0n) is 18.7. The largest absolute Gasteiger partial charge is 0.490 e. The second-order valence-electron chi connectivity index (χ2n) is 9.47. The van der Waals surface area contributed by atoms with E-state index in [1.165, 1.54) is 0 Å². The molecule has 34 heavy (non-hydrogen) atoms. The van der Waals surface area contributed by atoms with Crippen molar-refractivity contribution in [3.63, 3.8) is 0 Å². The monoisotopic (exact) mass is 479 g/mol. The van der Waals surface area contributed by atoms with Crippen molar-refractivity contribution in [1.82, 2.24) is 15.5 Å². The highest BCUT2D eigenvalue weighted by atomic mass is 35.5. The lowest BCUT2D eigenvalue weighted by molar-refractivity contribution is -0.117. The standard InChI is InChI=1S/C25H26ClN5O3/c26-22-11-21(4-1-15(22)12-27)34-20-5-2-18(3-6-20)28-25(33)23-7-8-24(30-29-23)31-13-16-9-19(32)10-17(16)14-31/h1,4,7-8,11,16-18,20H,2-3,5-6,9-10,13-14H2,(H,28,33)/t16-,17+,18?,20?. The number of rotatable bonds is 5. The third kappa shape index (κ3) is 4.85. The molecule has 2 aromatic rings. The number of aromatic nitrogens is 2. The molecule has 2 saturated carbocycles. The molecule has 3 fully saturated rings. The third-order valence-corrected chi connectivity index (χ3v) is 7.45. The molecule has 2 aliphatic carbocycles. The lowest BCUT2D eigenvalue weighted by Crippen LogP contribution is -2.40. The van der Waals surface area contributed by atoms with Crippen molar-refractivity contribution in [2.45, 2.75) is 50.7 Å². The lowest BCUT2D eigenvalue weighted by atomic mass is 9.93. The zero-order valence-corrected chi connectivity index (χ0v) is 19.5. The Hall–Kier alpha value is -3.18. The predicted octanol–water partition coefficient (Wildman–Crippen LogP) is 3.54. The van der Waals surface area contributed by atoms with Crippen LogP contribution in [0.25, 0.3) is 0 Å². The highest BCUT2D eigenvalue weighted by Gasteiger charge is 2.40. The number of fused-ring (bicyclic) bond motifs is 1. The molecular formula is C25H26ClN5O3. The van der Waals surface area contributed by atoms with Crippen LogP contribution in [0.5, 0.6) is 5.75 Å². The van der Waals surface area contributed by atoms with Crippen molar-refractivity contribution in [3.05, 3.63) is 46.6 Å². The van der Waals surface area contributed by atoms with Crippen molar-refractivity contribution >= 4 is 29.1 Å². The van der Waals surface area contributed by atoms with Gasteiger partial charge < -0.3 is 15.0 Å². The lowest BCUT2D eigenvalue weighted by Gasteiger charge is -2.29. The van der Waals surface area contributed by atoms with Crippen molar-refractivity contribution in [3.8, 4) is 11.8 Å². The summed E-state index contributed by atoms with van der Waals surface area (Å²) in [5.41, 5.74) is 0.736. The van der Waals surface area contributed by atoms with E-state index in [1.807, 2.05) is 12.1 Å². The van der Waals surface area contributed by atoms with Gasteiger partial charge in [-0.05, 0) is 61.8 Å². The Labute approximate surface area is 203 Å². The number of hydrogen-bond acceptors (Lipinski definition) is 7. The maximum Gasteiger partial charge on any atom is 0.272 e. The molecule has 9 heteroatoms. The number of carbonyl (C=O) groups excluding carboxylic acids is 2. The Morgan fingerprint density at radius 3 is 2.44 bits per heavy atom. The van der Waals surface area contributed by atoms with Crippen LogP contribution < -0.4 is 15.0 Å². The molecule has 176 valence electrons. The van der Waals surface area contributed by atoms with Gasteiger partial charge in [0.15, 0.2) is 11.5 Å². The van der Waals surface area contributed by atoms with Gasteiger partial charge in [0.05, 0.1) is 16.7 Å². The van der Waals surface area contributed by atoms with E-state index in [0.717, 1.165) is 44.6 Å². The highest BCUT2D eigenvalue weighted by molar-refractivity contribution is 6.31. The van der Waals surface area contributed by atoms with E-state index in [0.29, 0.717) is 52.5 Å². The molecule has 5 rings (SSSR count). The fourth-order valence-corrected chi connectivity index (χ4v) is 5.52. The van der Waals surface area contributed by atoms with E-state index in [4.69, 9.17) is 21.6 Å². The van der Waals surface area contributed by atoms with Crippen LogP contribution in [0.15, 0.2) is 30.3 Å². The summed E-state index contributed by atoms with van der Waals surface area (Å²) in [6, 6.07) is 10.8. The third-order valence-electron chi connectivity index (χ3n) is 7.14. The van der Waals surface area contributed by atoms with Crippen LogP contribution in [-0.2, 0) is 4.79 Å². The van der Waals surface area contributed by atoms with E-state index in [9.17, 15) is 9.59 Å². The molecule has 2 heterocycles. The van der Waals surface area contributed by atoms with E-state index >= 15 is 0 Å². The summed E-state index contributed by atoms with van der Waals surface area (Å²) in [5.74, 6) is 2.41. The average Bonchev–Trinajstić information content (AvgIpc) is 3.38. The van der Waals surface area contributed by atoms with Gasteiger partial charge in [0, 0.05) is 38.0 Å². The van der Waals surface area contributed by atoms with Crippen LogP contribution in [0.4, 0.5) is 5.82 Å². The maximum atomic E-state index is 12.7. The number of Topliss-reactive ketones (excluding diaryl/α,β-unsaturated/α-hetero) is 1. The number of nitriles is 1. The molecule has 2 atom stereocenters. The summed E-state index contributed by atoms with van der Waals surface area (Å²) < 4.78 is 6.02. The number of hydrogen-bond donors (Lipinski definition) is 1. The van der Waals surface area contributed by atoms with Gasteiger partial charge in [-0.15, -0.1) is 10.2 Å². The molecule has 1 amide bonds. The molecule has 1 aliphatic heterocycles. The first kappa shape index (κ1) is 22.6. The van der Waals surface area contributed by atoms with Crippen molar-refractivity contribution in [2.75, 3.05) is 18.0 Å². The van der Waals surface area contributed by atoms with Crippen LogP contribution in [0.2, 0.25) is 5.02 Å². The number of ether oxygens (including phenoxy) is 1. The van der Waals surface area contributed by atoms with Gasteiger partial charge in [-0.25, -0.2) is 0 Å². The number of amides is 1. The summed E-state index contributed by atoms with van der Waals surface area (Å²) in [4.78, 5) is 26.4. The second kappa shape index (κ2) is 9.59. The first-order chi connectivity index (χ1) is 16.5. The molecule has 1 N–H and O–H groups in total. The van der Waals surface area contributed by atoms with Gasteiger partial charge in [-0.1, -0.05) is 11.6 Å².